The maximum Gasteiger partial charge on any atom is 0.324 e. The van der Waals surface area contributed by atoms with Crippen LogP contribution in [0.4, 0.5) is 0 Å². The first kappa shape index (κ1) is 19.6. The van der Waals surface area contributed by atoms with E-state index in [1.165, 1.54) is 23.1 Å². The van der Waals surface area contributed by atoms with Gasteiger partial charge in [0.2, 0.25) is 0 Å². The number of aromatic amines is 1. The first-order valence-electron chi connectivity index (χ1n) is 8.65. The molecule has 0 amide bonds. The smallest absolute Gasteiger partial charge is 0.324 e. The summed E-state index contributed by atoms with van der Waals surface area (Å²) in [4.78, 5) is 33.9. The van der Waals surface area contributed by atoms with Crippen molar-refractivity contribution >= 4 is 39.3 Å². The number of benzene rings is 1. The van der Waals surface area contributed by atoms with E-state index in [9.17, 15) is 9.59 Å². The molecule has 0 saturated carbocycles. The summed E-state index contributed by atoms with van der Waals surface area (Å²) in [5, 5.41) is 0.285. The molecule has 0 aliphatic rings. The third kappa shape index (κ3) is 4.25. The number of thioether (sulfide) groups is 1. The Morgan fingerprint density at radius 1 is 1.26 bits per heavy atom. The zero-order valence-electron chi connectivity index (χ0n) is 16.0. The Labute approximate surface area is 166 Å². The summed E-state index contributed by atoms with van der Waals surface area (Å²) in [6, 6.07) is 5.59. The molecule has 142 valence electrons. The maximum atomic E-state index is 12.3. The zero-order valence-corrected chi connectivity index (χ0v) is 17.6. The fourth-order valence-electron chi connectivity index (χ4n) is 2.62. The van der Waals surface area contributed by atoms with Crippen molar-refractivity contribution in [1.82, 2.24) is 9.97 Å². The van der Waals surface area contributed by atoms with E-state index in [0.29, 0.717) is 22.7 Å². The second-order valence-electron chi connectivity index (χ2n) is 6.60. The van der Waals surface area contributed by atoms with E-state index in [1.807, 2.05) is 39.8 Å². The fraction of sp³-hybridized carbons (Fsp3) is 0.350. The molecule has 1 atom stereocenters. The van der Waals surface area contributed by atoms with Gasteiger partial charge in [-0.25, -0.2) is 4.98 Å². The monoisotopic (exact) mass is 402 g/mol. The second kappa shape index (κ2) is 7.86. The summed E-state index contributed by atoms with van der Waals surface area (Å²) in [6.07, 6.45) is 0. The Morgan fingerprint density at radius 3 is 2.70 bits per heavy atom. The van der Waals surface area contributed by atoms with Crippen LogP contribution in [0.2, 0.25) is 0 Å². The molecule has 0 spiro atoms. The van der Waals surface area contributed by atoms with Crippen LogP contribution in [0.3, 0.4) is 0 Å². The molecule has 3 aromatic rings. The Kier molecular flexibility index (Phi) is 5.72. The molecule has 5 nitrogen and oxygen atoms in total. The molecule has 1 N–H and O–H groups in total. The van der Waals surface area contributed by atoms with Crippen LogP contribution in [0.25, 0.3) is 10.2 Å². The topological polar surface area (TPSA) is 72.0 Å². The van der Waals surface area contributed by atoms with Gasteiger partial charge < -0.3 is 9.72 Å². The minimum Gasteiger partial charge on any atom is -0.426 e. The number of nitrogens with zero attached hydrogens (tertiary/aromatic N) is 1. The van der Waals surface area contributed by atoms with Crippen LogP contribution in [0.5, 0.6) is 5.75 Å². The highest BCUT2D eigenvalue weighted by Crippen LogP contribution is 2.27. The first-order chi connectivity index (χ1) is 12.8. The molecule has 7 heteroatoms. The molecule has 2 aromatic heterocycles. The number of fused-ring (bicyclic) bond motifs is 1. The number of ether oxygens (including phenoxy) is 1. The Bertz CT molecular complexity index is 1070. The number of thiophene rings is 1. The minimum atomic E-state index is -0.376. The van der Waals surface area contributed by atoms with E-state index in [0.717, 1.165) is 26.4 Å². The van der Waals surface area contributed by atoms with Gasteiger partial charge in [-0.3, -0.25) is 9.59 Å². The van der Waals surface area contributed by atoms with Crippen LogP contribution in [-0.2, 0) is 10.5 Å². The van der Waals surface area contributed by atoms with Gasteiger partial charge in [0.15, 0.2) is 0 Å². The second-order valence-corrected chi connectivity index (χ2v) is 9.13. The largest absolute Gasteiger partial charge is 0.426 e. The quantitative estimate of drug-likeness (QED) is 0.504. The molecule has 0 fully saturated rings. The normalized spacial score (nSPS) is 12.3. The van der Waals surface area contributed by atoms with Gasteiger partial charge in [0, 0.05) is 4.88 Å². The molecule has 3 rings (SSSR count). The highest BCUT2D eigenvalue weighted by molar-refractivity contribution is 7.99. The third-order valence-corrected chi connectivity index (χ3v) is 6.82. The third-order valence-electron chi connectivity index (χ3n) is 4.59. The van der Waals surface area contributed by atoms with Gasteiger partial charge in [-0.05, 0) is 63.4 Å². The van der Waals surface area contributed by atoms with Crippen molar-refractivity contribution < 1.29 is 9.53 Å². The predicted molar refractivity (Wildman–Crippen MR) is 112 cm³/mol. The van der Waals surface area contributed by atoms with Gasteiger partial charge in [-0.2, -0.15) is 0 Å². The molecule has 0 unspecified atom stereocenters. The van der Waals surface area contributed by atoms with Crippen LogP contribution in [-0.4, -0.2) is 21.2 Å². The summed E-state index contributed by atoms with van der Waals surface area (Å²) < 4.78 is 5.46. The number of carbonyl (C=O) groups is 1. The van der Waals surface area contributed by atoms with Crippen LogP contribution < -0.4 is 10.3 Å². The van der Waals surface area contributed by atoms with Crippen LogP contribution >= 0.6 is 23.1 Å². The maximum absolute atomic E-state index is 12.3. The predicted octanol–water partition coefficient (Wildman–Crippen LogP) is 4.45. The van der Waals surface area contributed by atoms with Crippen LogP contribution in [0, 0.1) is 27.7 Å². The molecule has 2 heterocycles. The van der Waals surface area contributed by atoms with Crippen molar-refractivity contribution in [3.63, 3.8) is 0 Å². The van der Waals surface area contributed by atoms with E-state index in [4.69, 9.17) is 4.74 Å². The average molecular weight is 403 g/mol. The van der Waals surface area contributed by atoms with Crippen molar-refractivity contribution in [2.75, 3.05) is 0 Å². The van der Waals surface area contributed by atoms with E-state index in [-0.39, 0.29) is 16.8 Å². The zero-order chi connectivity index (χ0) is 19.7. The minimum absolute atomic E-state index is 0.122. The number of hydrogen-bond acceptors (Lipinski definition) is 6. The summed E-state index contributed by atoms with van der Waals surface area (Å²) in [5.74, 6) is 1.25. The Morgan fingerprint density at radius 2 is 2.00 bits per heavy atom. The average Bonchev–Trinajstić information content (AvgIpc) is 2.90. The van der Waals surface area contributed by atoms with Crippen molar-refractivity contribution in [2.45, 2.75) is 45.6 Å². The summed E-state index contributed by atoms with van der Waals surface area (Å²) in [6.45, 7) is 9.71. The van der Waals surface area contributed by atoms with E-state index in [2.05, 4.69) is 9.97 Å². The number of H-pyrrole nitrogens is 1. The van der Waals surface area contributed by atoms with E-state index >= 15 is 0 Å². The fourth-order valence-corrected chi connectivity index (χ4v) is 4.39. The molecule has 0 bridgehead atoms. The lowest BCUT2D eigenvalue weighted by atomic mass is 10.1. The van der Waals surface area contributed by atoms with Gasteiger partial charge in [-0.1, -0.05) is 6.07 Å². The van der Waals surface area contributed by atoms with Crippen LogP contribution in [0.15, 0.2) is 23.0 Å². The lowest BCUT2D eigenvalue weighted by Gasteiger charge is -2.11. The molecule has 0 aliphatic heterocycles. The molecule has 0 aliphatic carbocycles. The Balaban J connectivity index is 1.67. The van der Waals surface area contributed by atoms with Crippen molar-refractivity contribution in [3.05, 3.63) is 55.9 Å². The highest BCUT2D eigenvalue weighted by atomic mass is 32.2. The number of aryl methyl sites for hydroxylation is 4. The Hall–Kier alpha value is -2.12. The van der Waals surface area contributed by atoms with Crippen molar-refractivity contribution in [2.24, 2.45) is 0 Å². The molecule has 0 radical (unpaired) electrons. The van der Waals surface area contributed by atoms with Gasteiger partial charge in [0.05, 0.1) is 11.1 Å². The summed E-state index contributed by atoms with van der Waals surface area (Å²) >= 11 is 2.91. The van der Waals surface area contributed by atoms with Crippen LogP contribution in [0.1, 0.15) is 34.3 Å². The van der Waals surface area contributed by atoms with E-state index in [1.54, 1.807) is 13.0 Å². The lowest BCUT2D eigenvalue weighted by Crippen LogP contribution is -2.20. The SMILES string of the molecule is Cc1ccc(OC(=O)[C@H](C)SCc2nc3sc(C)c(C)c3c(=O)[nH]2)cc1C. The number of nitrogens with one attached hydrogen (secondary N) is 1. The summed E-state index contributed by atoms with van der Waals surface area (Å²) in [5.41, 5.74) is 3.09. The molecule has 27 heavy (non-hydrogen) atoms. The van der Waals surface area contributed by atoms with Gasteiger partial charge in [0.1, 0.15) is 21.7 Å². The highest BCUT2D eigenvalue weighted by Gasteiger charge is 2.18. The van der Waals surface area contributed by atoms with Crippen molar-refractivity contribution in [3.8, 4) is 5.75 Å². The van der Waals surface area contributed by atoms with Gasteiger partial charge >= 0.3 is 5.97 Å². The lowest BCUT2D eigenvalue weighted by molar-refractivity contribution is -0.133. The van der Waals surface area contributed by atoms with Gasteiger partial charge in [0.25, 0.3) is 5.56 Å². The molecule has 1 aromatic carbocycles. The molecular weight excluding hydrogens is 380 g/mol. The molecular formula is C20H22N2O3S2. The number of esters is 1. The molecule has 0 saturated heterocycles. The van der Waals surface area contributed by atoms with Crippen molar-refractivity contribution in [1.29, 1.82) is 0 Å². The summed E-state index contributed by atoms with van der Waals surface area (Å²) in [7, 11) is 0. The van der Waals surface area contributed by atoms with E-state index < -0.39 is 0 Å². The number of hydrogen-bond donors (Lipinski definition) is 1. The number of carbonyl (C=O) groups excluding carboxylic acids is 1. The first-order valence-corrected chi connectivity index (χ1v) is 10.5. The number of rotatable bonds is 5. The number of aromatic nitrogens is 2. The standard InChI is InChI=1S/C20H22N2O3S2/c1-10-6-7-15(8-11(10)2)25-20(24)14(5)26-9-16-21-18(23)17-12(3)13(4)27-19(17)22-16/h6-8,14H,9H2,1-5H3,(H,21,22,23)/t14-/m0/s1. The van der Waals surface area contributed by atoms with Gasteiger partial charge in [-0.15, -0.1) is 23.1 Å².